The molecule has 34 heavy (non-hydrogen) atoms. The Morgan fingerprint density at radius 1 is 1.12 bits per heavy atom. The van der Waals surface area contributed by atoms with Crippen LogP contribution in [0.3, 0.4) is 0 Å². The molecule has 1 saturated heterocycles. The van der Waals surface area contributed by atoms with E-state index in [4.69, 9.17) is 0 Å². The summed E-state index contributed by atoms with van der Waals surface area (Å²) in [5, 5.41) is 11.5. The van der Waals surface area contributed by atoms with Crippen LogP contribution in [0.25, 0.3) is 11.3 Å². The van der Waals surface area contributed by atoms with Gasteiger partial charge in [-0.15, -0.1) is 0 Å². The summed E-state index contributed by atoms with van der Waals surface area (Å²) in [5.74, 6) is 0.0735. The first-order valence-electron chi connectivity index (χ1n) is 10.8. The highest BCUT2D eigenvalue weighted by atomic mass is 19.4. The first kappa shape index (κ1) is 21.9. The minimum atomic E-state index is -4.55. The van der Waals surface area contributed by atoms with E-state index < -0.39 is 11.9 Å². The Labute approximate surface area is 192 Å². The second-order valence-electron chi connectivity index (χ2n) is 8.19. The van der Waals surface area contributed by atoms with Crippen molar-refractivity contribution in [2.75, 3.05) is 11.9 Å². The highest BCUT2D eigenvalue weighted by molar-refractivity contribution is 5.98. The van der Waals surface area contributed by atoms with E-state index in [1.165, 1.54) is 34.0 Å². The molecule has 0 radical (unpaired) electrons. The van der Waals surface area contributed by atoms with Gasteiger partial charge in [0.05, 0.1) is 23.6 Å². The van der Waals surface area contributed by atoms with Crippen LogP contribution in [0, 0.1) is 0 Å². The van der Waals surface area contributed by atoms with Crippen molar-refractivity contribution in [1.29, 1.82) is 0 Å². The smallest absolute Gasteiger partial charge is 0.362 e. The molecule has 4 aromatic rings. The number of nitrogens with zero attached hydrogens (tertiary/aromatic N) is 7. The van der Waals surface area contributed by atoms with Crippen LogP contribution < -0.4 is 5.32 Å². The Morgan fingerprint density at radius 3 is 2.65 bits per heavy atom. The van der Waals surface area contributed by atoms with Crippen molar-refractivity contribution in [2.45, 2.75) is 38.0 Å². The number of nitrogens with one attached hydrogen (secondary N) is 1. The summed E-state index contributed by atoms with van der Waals surface area (Å²) >= 11 is 0. The summed E-state index contributed by atoms with van der Waals surface area (Å²) in [6.45, 7) is 2.34. The highest BCUT2D eigenvalue weighted by Gasteiger charge is 2.35. The molecule has 0 bridgehead atoms. The number of fused-ring (bicyclic) bond motifs is 1. The zero-order valence-corrected chi connectivity index (χ0v) is 18.1. The third-order valence-electron chi connectivity index (χ3n) is 5.92. The van der Waals surface area contributed by atoms with Gasteiger partial charge in [-0.1, -0.05) is 12.1 Å². The standard InChI is InChI=1S/C22H21F3N8O/c1-14-6-7-15(29-19-20-30-18(22(23,24)25)13-31(20)11-10-26-19)12-32(14)21(34)16-4-2-3-5-17(16)33-27-8-9-28-33/h2-5,8-11,13-15H,6-7,12H2,1H3,(H,26,29)/t14-,15-/m1/s1. The Hall–Kier alpha value is -3.96. The molecule has 4 heterocycles. The second kappa shape index (κ2) is 8.43. The van der Waals surface area contributed by atoms with Crippen LogP contribution in [-0.4, -0.2) is 58.8 Å². The van der Waals surface area contributed by atoms with Gasteiger partial charge in [-0.05, 0) is 31.9 Å². The predicted octanol–water partition coefficient (Wildman–Crippen LogP) is 3.43. The van der Waals surface area contributed by atoms with E-state index in [2.05, 4.69) is 25.5 Å². The number of carbonyl (C=O) groups is 1. The summed E-state index contributed by atoms with van der Waals surface area (Å²) in [6, 6.07) is 6.88. The summed E-state index contributed by atoms with van der Waals surface area (Å²) in [7, 11) is 0. The average molecular weight is 470 g/mol. The quantitative estimate of drug-likeness (QED) is 0.491. The number of carbonyl (C=O) groups excluding carboxylic acids is 1. The van der Waals surface area contributed by atoms with Crippen LogP contribution in [0.5, 0.6) is 0 Å². The maximum atomic E-state index is 13.5. The molecule has 5 rings (SSSR count). The third kappa shape index (κ3) is 4.06. The molecular formula is C22H21F3N8O. The molecule has 2 atom stereocenters. The molecule has 1 fully saturated rings. The monoisotopic (exact) mass is 470 g/mol. The predicted molar refractivity (Wildman–Crippen MR) is 116 cm³/mol. The second-order valence-corrected chi connectivity index (χ2v) is 8.19. The normalized spacial score (nSPS) is 18.9. The van der Waals surface area contributed by atoms with Gasteiger partial charge in [0.2, 0.25) is 0 Å². The van der Waals surface area contributed by atoms with E-state index in [0.717, 1.165) is 19.0 Å². The van der Waals surface area contributed by atoms with Gasteiger partial charge in [-0.3, -0.25) is 4.79 Å². The topological polar surface area (TPSA) is 93.2 Å². The molecule has 0 unspecified atom stereocenters. The Balaban J connectivity index is 1.39. The Bertz CT molecular complexity index is 1320. The lowest BCUT2D eigenvalue weighted by Gasteiger charge is -2.38. The van der Waals surface area contributed by atoms with Crippen molar-refractivity contribution in [1.82, 2.24) is 34.3 Å². The summed E-state index contributed by atoms with van der Waals surface area (Å²) in [5.41, 5.74) is 0.140. The fourth-order valence-electron chi connectivity index (χ4n) is 4.18. The van der Waals surface area contributed by atoms with Gasteiger partial charge in [0.1, 0.15) is 0 Å². The van der Waals surface area contributed by atoms with Gasteiger partial charge >= 0.3 is 6.18 Å². The van der Waals surface area contributed by atoms with Gasteiger partial charge in [-0.25, -0.2) is 9.97 Å². The van der Waals surface area contributed by atoms with Crippen molar-refractivity contribution < 1.29 is 18.0 Å². The van der Waals surface area contributed by atoms with E-state index in [1.54, 1.807) is 23.1 Å². The van der Waals surface area contributed by atoms with Crippen LogP contribution in [0.2, 0.25) is 0 Å². The highest BCUT2D eigenvalue weighted by Crippen LogP contribution is 2.30. The van der Waals surface area contributed by atoms with Crippen molar-refractivity contribution in [2.24, 2.45) is 0 Å². The summed E-state index contributed by atoms with van der Waals surface area (Å²) in [4.78, 5) is 24.6. The lowest BCUT2D eigenvalue weighted by Crippen LogP contribution is -2.50. The maximum Gasteiger partial charge on any atom is 0.434 e. The number of anilines is 1. The number of alkyl halides is 3. The molecule has 0 saturated carbocycles. The first-order valence-corrected chi connectivity index (χ1v) is 10.8. The van der Waals surface area contributed by atoms with Crippen LogP contribution >= 0.6 is 0 Å². The van der Waals surface area contributed by atoms with E-state index in [9.17, 15) is 18.0 Å². The summed E-state index contributed by atoms with van der Waals surface area (Å²) in [6.07, 6.45) is 3.74. The SMILES string of the molecule is C[C@@H]1CC[C@@H](Nc2nccn3cc(C(F)(F)F)nc23)CN1C(=O)c1ccccc1-n1nccn1. The molecule has 12 heteroatoms. The van der Waals surface area contributed by atoms with E-state index in [-0.39, 0.29) is 29.5 Å². The van der Waals surface area contributed by atoms with Crippen LogP contribution in [-0.2, 0) is 6.18 Å². The number of aromatic nitrogens is 6. The molecule has 1 aliphatic heterocycles. The minimum absolute atomic E-state index is 0.0174. The number of rotatable bonds is 4. The third-order valence-corrected chi connectivity index (χ3v) is 5.92. The number of hydrogen-bond donors (Lipinski definition) is 1. The van der Waals surface area contributed by atoms with Crippen molar-refractivity contribution in [3.05, 3.63) is 66.5 Å². The number of benzene rings is 1. The molecule has 1 aliphatic rings. The van der Waals surface area contributed by atoms with E-state index >= 15 is 0 Å². The van der Waals surface area contributed by atoms with Gasteiger partial charge in [0, 0.05) is 37.2 Å². The molecule has 0 spiro atoms. The summed E-state index contributed by atoms with van der Waals surface area (Å²) < 4.78 is 40.7. The molecule has 1 amide bonds. The molecule has 9 nitrogen and oxygen atoms in total. The zero-order chi connectivity index (χ0) is 23.9. The lowest BCUT2D eigenvalue weighted by atomic mass is 9.98. The van der Waals surface area contributed by atoms with Crippen molar-refractivity contribution in [3.8, 4) is 5.69 Å². The number of para-hydroxylation sites is 1. The Morgan fingerprint density at radius 2 is 1.88 bits per heavy atom. The van der Waals surface area contributed by atoms with Crippen molar-refractivity contribution >= 4 is 17.4 Å². The lowest BCUT2D eigenvalue weighted by molar-refractivity contribution is -0.140. The van der Waals surface area contributed by atoms with Crippen LogP contribution in [0.15, 0.2) is 55.2 Å². The first-order chi connectivity index (χ1) is 16.3. The van der Waals surface area contributed by atoms with Crippen molar-refractivity contribution in [3.63, 3.8) is 0 Å². The maximum absolute atomic E-state index is 13.5. The average Bonchev–Trinajstić information content (AvgIpc) is 3.50. The molecule has 176 valence electrons. The van der Waals surface area contributed by atoms with Crippen LogP contribution in [0.4, 0.5) is 19.0 Å². The number of amides is 1. The van der Waals surface area contributed by atoms with Gasteiger partial charge in [0.25, 0.3) is 5.91 Å². The number of likely N-dealkylation sites (tertiary alicyclic amines) is 1. The van der Waals surface area contributed by atoms with E-state index in [0.29, 0.717) is 17.8 Å². The molecular weight excluding hydrogens is 449 g/mol. The number of halogens is 3. The molecule has 1 N–H and O–H groups in total. The minimum Gasteiger partial charge on any atom is -0.362 e. The number of piperidine rings is 1. The zero-order valence-electron chi connectivity index (χ0n) is 18.1. The number of imidazole rings is 1. The fourth-order valence-corrected chi connectivity index (χ4v) is 4.18. The number of hydrogen-bond acceptors (Lipinski definition) is 6. The molecule has 1 aromatic carbocycles. The van der Waals surface area contributed by atoms with Gasteiger partial charge in [0.15, 0.2) is 17.2 Å². The largest absolute Gasteiger partial charge is 0.434 e. The molecule has 3 aromatic heterocycles. The van der Waals surface area contributed by atoms with E-state index in [1.807, 2.05) is 13.0 Å². The van der Waals surface area contributed by atoms with Gasteiger partial charge in [-0.2, -0.15) is 28.2 Å². The van der Waals surface area contributed by atoms with Crippen LogP contribution in [0.1, 0.15) is 35.8 Å². The molecule has 0 aliphatic carbocycles. The van der Waals surface area contributed by atoms with Gasteiger partial charge < -0.3 is 14.6 Å². The fraction of sp³-hybridized carbons (Fsp3) is 0.318. The Kier molecular flexibility index (Phi) is 5.42.